The number of piperidine rings is 1. The van der Waals surface area contributed by atoms with Crippen LogP contribution in [-0.4, -0.2) is 34.6 Å². The SMILES string of the molecule is NC1([C@H]2CCCN(c3ccc([N+](=O)[O-])cc3)C2)CCCCC1Nc1ncc(-c2ccc(C(F)(F)F)cc2)o1. The van der Waals surface area contributed by atoms with Gasteiger partial charge in [0.1, 0.15) is 0 Å². The highest BCUT2D eigenvalue weighted by Crippen LogP contribution is 2.40. The van der Waals surface area contributed by atoms with Crippen LogP contribution in [0.4, 0.5) is 30.6 Å². The molecule has 2 fully saturated rings. The molecule has 3 N–H and O–H groups in total. The van der Waals surface area contributed by atoms with Crippen molar-refractivity contribution in [1.82, 2.24) is 4.98 Å². The number of alkyl halides is 3. The van der Waals surface area contributed by atoms with Crippen molar-refractivity contribution in [3.63, 3.8) is 0 Å². The summed E-state index contributed by atoms with van der Waals surface area (Å²) < 4.78 is 44.6. The van der Waals surface area contributed by atoms with Crippen molar-refractivity contribution in [1.29, 1.82) is 0 Å². The van der Waals surface area contributed by atoms with E-state index in [4.69, 9.17) is 10.2 Å². The van der Waals surface area contributed by atoms with Gasteiger partial charge in [-0.15, -0.1) is 0 Å². The molecule has 2 aliphatic rings. The third-order valence-electron chi connectivity index (χ3n) is 7.91. The van der Waals surface area contributed by atoms with Crippen LogP contribution in [0.2, 0.25) is 0 Å². The largest absolute Gasteiger partial charge is 0.424 e. The van der Waals surface area contributed by atoms with Gasteiger partial charge in [0.2, 0.25) is 0 Å². The molecule has 38 heavy (non-hydrogen) atoms. The Hall–Kier alpha value is -3.60. The van der Waals surface area contributed by atoms with Crippen LogP contribution in [0.25, 0.3) is 11.3 Å². The van der Waals surface area contributed by atoms with E-state index in [1.165, 1.54) is 30.5 Å². The average Bonchev–Trinajstić information content (AvgIpc) is 3.38. The van der Waals surface area contributed by atoms with E-state index in [1.807, 2.05) is 0 Å². The fourth-order valence-electron chi connectivity index (χ4n) is 5.80. The van der Waals surface area contributed by atoms with Crippen molar-refractivity contribution in [3.8, 4) is 11.3 Å². The fourth-order valence-corrected chi connectivity index (χ4v) is 5.80. The number of aromatic nitrogens is 1. The van der Waals surface area contributed by atoms with Gasteiger partial charge >= 0.3 is 6.18 Å². The minimum Gasteiger partial charge on any atom is -0.424 e. The molecule has 5 rings (SSSR count). The topological polar surface area (TPSA) is 110 Å². The molecule has 3 aromatic rings. The maximum atomic E-state index is 12.9. The molecule has 1 aromatic heterocycles. The van der Waals surface area contributed by atoms with Gasteiger partial charge < -0.3 is 20.4 Å². The maximum absolute atomic E-state index is 12.9. The number of nitro groups is 1. The summed E-state index contributed by atoms with van der Waals surface area (Å²) in [6.45, 7) is 1.60. The van der Waals surface area contributed by atoms with Gasteiger partial charge in [0.05, 0.1) is 16.7 Å². The Balaban J connectivity index is 1.30. The van der Waals surface area contributed by atoms with Gasteiger partial charge in [-0.1, -0.05) is 25.0 Å². The Morgan fingerprint density at radius 1 is 1.08 bits per heavy atom. The molecule has 3 atom stereocenters. The first-order valence-electron chi connectivity index (χ1n) is 12.8. The Bertz CT molecular complexity index is 1260. The van der Waals surface area contributed by atoms with Crippen molar-refractivity contribution in [2.75, 3.05) is 23.3 Å². The first kappa shape index (κ1) is 26.0. The zero-order chi connectivity index (χ0) is 26.9. The Morgan fingerprint density at radius 3 is 2.50 bits per heavy atom. The highest BCUT2D eigenvalue weighted by molar-refractivity contribution is 5.58. The van der Waals surface area contributed by atoms with Gasteiger partial charge in [-0.05, 0) is 55.9 Å². The van der Waals surface area contributed by atoms with E-state index in [0.29, 0.717) is 17.3 Å². The molecule has 0 bridgehead atoms. The summed E-state index contributed by atoms with van der Waals surface area (Å²) in [5.41, 5.74) is 7.43. The van der Waals surface area contributed by atoms with E-state index in [9.17, 15) is 23.3 Å². The lowest BCUT2D eigenvalue weighted by molar-refractivity contribution is -0.384. The molecule has 2 unspecified atom stereocenters. The van der Waals surface area contributed by atoms with Gasteiger partial charge in [-0.25, -0.2) is 4.98 Å². The summed E-state index contributed by atoms with van der Waals surface area (Å²) in [5, 5.41) is 14.4. The molecular formula is C27H30F3N5O3. The van der Waals surface area contributed by atoms with Crippen LogP contribution < -0.4 is 16.0 Å². The number of anilines is 2. The van der Waals surface area contributed by atoms with Gasteiger partial charge in [-0.2, -0.15) is 13.2 Å². The first-order valence-corrected chi connectivity index (χ1v) is 12.8. The number of nitrogens with zero attached hydrogens (tertiary/aromatic N) is 3. The van der Waals surface area contributed by atoms with E-state index in [0.717, 1.165) is 69.4 Å². The molecule has 0 radical (unpaired) electrons. The minimum atomic E-state index is -4.40. The zero-order valence-corrected chi connectivity index (χ0v) is 20.8. The predicted molar refractivity (Wildman–Crippen MR) is 138 cm³/mol. The summed E-state index contributed by atoms with van der Waals surface area (Å²) in [4.78, 5) is 17.2. The average molecular weight is 530 g/mol. The number of oxazole rings is 1. The number of nitrogens with two attached hydrogens (primary N) is 1. The molecule has 1 saturated carbocycles. The van der Waals surface area contributed by atoms with Crippen molar-refractivity contribution in [2.45, 2.75) is 56.3 Å². The number of nitrogens with one attached hydrogen (secondary N) is 1. The Labute approximate surface area is 218 Å². The molecule has 202 valence electrons. The van der Waals surface area contributed by atoms with Gasteiger partial charge in [0.15, 0.2) is 5.76 Å². The van der Waals surface area contributed by atoms with Crippen LogP contribution in [0.5, 0.6) is 0 Å². The van der Waals surface area contributed by atoms with Crippen molar-refractivity contribution in [2.24, 2.45) is 11.7 Å². The second kappa shape index (κ2) is 10.3. The van der Waals surface area contributed by atoms with Crippen LogP contribution in [0, 0.1) is 16.0 Å². The molecule has 0 spiro atoms. The lowest BCUT2D eigenvalue weighted by Crippen LogP contribution is -2.63. The second-order valence-electron chi connectivity index (χ2n) is 10.2. The summed E-state index contributed by atoms with van der Waals surface area (Å²) in [6, 6.07) is 11.6. The molecule has 1 saturated heterocycles. The second-order valence-corrected chi connectivity index (χ2v) is 10.2. The summed E-state index contributed by atoms with van der Waals surface area (Å²) >= 11 is 0. The van der Waals surface area contributed by atoms with E-state index in [-0.39, 0.29) is 17.6 Å². The number of halogens is 3. The van der Waals surface area contributed by atoms with Crippen LogP contribution in [0.3, 0.4) is 0 Å². The number of benzene rings is 2. The van der Waals surface area contributed by atoms with Crippen LogP contribution in [0.1, 0.15) is 44.1 Å². The van der Waals surface area contributed by atoms with Crippen molar-refractivity contribution >= 4 is 17.4 Å². The number of hydrogen-bond acceptors (Lipinski definition) is 7. The van der Waals surface area contributed by atoms with Crippen molar-refractivity contribution in [3.05, 3.63) is 70.4 Å². The highest BCUT2D eigenvalue weighted by atomic mass is 19.4. The third kappa shape index (κ3) is 5.33. The molecule has 2 heterocycles. The number of hydrogen-bond donors (Lipinski definition) is 2. The van der Waals surface area contributed by atoms with Gasteiger partial charge in [-0.3, -0.25) is 10.1 Å². The van der Waals surface area contributed by atoms with Crippen LogP contribution in [-0.2, 0) is 6.18 Å². The minimum absolute atomic E-state index is 0.0655. The van der Waals surface area contributed by atoms with E-state index < -0.39 is 22.2 Å². The Kier molecular flexibility index (Phi) is 7.04. The fraction of sp³-hybridized carbons (Fsp3) is 0.444. The molecular weight excluding hydrogens is 499 g/mol. The lowest BCUT2D eigenvalue weighted by atomic mass is 9.67. The predicted octanol–water partition coefficient (Wildman–Crippen LogP) is 6.24. The lowest BCUT2D eigenvalue weighted by Gasteiger charge is -2.50. The smallest absolute Gasteiger partial charge is 0.416 e. The number of nitro benzene ring substituents is 1. The maximum Gasteiger partial charge on any atom is 0.416 e. The highest BCUT2D eigenvalue weighted by Gasteiger charge is 2.45. The van der Waals surface area contributed by atoms with E-state index in [2.05, 4.69) is 15.2 Å². The Morgan fingerprint density at radius 2 is 1.82 bits per heavy atom. The molecule has 8 nitrogen and oxygen atoms in total. The standard InChI is InChI=1S/C27H30F3N5O3/c28-27(29,30)19-8-6-18(7-9-19)23-16-32-25(38-23)33-24-5-1-2-14-26(24,31)20-4-3-15-34(17-20)21-10-12-22(13-11-21)35(36)37/h6-13,16,20,24H,1-5,14-15,17,31H2,(H,32,33)/t20-,24?,26?/m0/s1. The van der Waals surface area contributed by atoms with E-state index >= 15 is 0 Å². The van der Waals surface area contributed by atoms with Crippen LogP contribution >= 0.6 is 0 Å². The molecule has 0 amide bonds. The molecule has 2 aromatic carbocycles. The summed E-state index contributed by atoms with van der Waals surface area (Å²) in [7, 11) is 0. The normalized spacial score (nSPS) is 24.3. The molecule has 11 heteroatoms. The summed E-state index contributed by atoms with van der Waals surface area (Å²) in [6.07, 6.45) is 2.77. The summed E-state index contributed by atoms with van der Waals surface area (Å²) in [5.74, 6) is 0.565. The number of rotatable bonds is 6. The van der Waals surface area contributed by atoms with Crippen LogP contribution in [0.15, 0.2) is 59.1 Å². The first-order chi connectivity index (χ1) is 18.1. The molecule has 1 aliphatic heterocycles. The third-order valence-corrected chi connectivity index (χ3v) is 7.91. The van der Waals surface area contributed by atoms with Gasteiger partial charge in [0, 0.05) is 48.1 Å². The monoisotopic (exact) mass is 529 g/mol. The zero-order valence-electron chi connectivity index (χ0n) is 20.8. The van der Waals surface area contributed by atoms with E-state index in [1.54, 1.807) is 12.1 Å². The number of non-ortho nitro benzene ring substituents is 1. The molecule has 1 aliphatic carbocycles. The quantitative estimate of drug-likeness (QED) is 0.287. The van der Waals surface area contributed by atoms with Crippen molar-refractivity contribution < 1.29 is 22.5 Å². The van der Waals surface area contributed by atoms with Gasteiger partial charge in [0.25, 0.3) is 11.7 Å².